The maximum absolute atomic E-state index is 3.76. The molecule has 0 saturated carbocycles. The molecule has 0 amide bonds. The molecule has 1 aromatic carbocycles. The van der Waals surface area contributed by atoms with Gasteiger partial charge in [-0.25, -0.2) is 0 Å². The van der Waals surface area contributed by atoms with Gasteiger partial charge < -0.3 is 0 Å². The Labute approximate surface area is 50.2 Å². The van der Waals surface area contributed by atoms with Crippen LogP contribution in [0.1, 0.15) is 11.1 Å². The van der Waals surface area contributed by atoms with Crippen LogP contribution in [0, 0.1) is 19.9 Å². The average Bonchev–Trinajstić information content (AvgIpc) is 1.77. The van der Waals surface area contributed by atoms with Gasteiger partial charge in [0.15, 0.2) is 0 Å². The van der Waals surface area contributed by atoms with Gasteiger partial charge in [0.1, 0.15) is 0 Å². The lowest BCUT2D eigenvalue weighted by molar-refractivity contribution is 1.41. The first kappa shape index (κ1) is 5.36. The molecule has 0 heterocycles. The molecule has 0 saturated heterocycles. The third-order valence-electron chi connectivity index (χ3n) is 1.18. The molecule has 2 radical (unpaired) electrons. The van der Waals surface area contributed by atoms with Crippen LogP contribution in [-0.4, -0.2) is 0 Å². The lowest BCUT2D eigenvalue weighted by Gasteiger charge is -1.92. The van der Waals surface area contributed by atoms with Crippen molar-refractivity contribution in [1.29, 1.82) is 0 Å². The third kappa shape index (κ3) is 0.890. The summed E-state index contributed by atoms with van der Waals surface area (Å²) in [7, 11) is 0. The SMILES string of the molecule is [CH2]c1[c]cccc1C. The zero-order valence-corrected chi connectivity index (χ0v) is 4.94. The highest BCUT2D eigenvalue weighted by molar-refractivity contribution is 5.26. The molecule has 0 N–H and O–H groups in total. The quantitative estimate of drug-likeness (QED) is 0.472. The molecule has 8 heavy (non-hydrogen) atoms. The third-order valence-corrected chi connectivity index (χ3v) is 1.18. The molecule has 0 aromatic heterocycles. The Morgan fingerprint density at radius 3 is 2.75 bits per heavy atom. The summed E-state index contributed by atoms with van der Waals surface area (Å²) in [5.41, 5.74) is 2.19. The van der Waals surface area contributed by atoms with Gasteiger partial charge in [-0.15, -0.1) is 0 Å². The normalized spacial score (nSPS) is 9.25. The van der Waals surface area contributed by atoms with Gasteiger partial charge in [-0.05, 0) is 31.0 Å². The van der Waals surface area contributed by atoms with Crippen LogP contribution in [0.15, 0.2) is 18.2 Å². The predicted octanol–water partition coefficient (Wildman–Crippen LogP) is 1.98. The first-order valence-electron chi connectivity index (χ1n) is 2.60. The van der Waals surface area contributed by atoms with E-state index in [1.807, 2.05) is 25.1 Å². The Balaban J connectivity index is 3.13. The summed E-state index contributed by atoms with van der Waals surface area (Å²) in [6, 6.07) is 8.85. The standard InChI is InChI=1S/C8H8/c1-7-5-3-4-6-8(7)2/h3-4,6H,1H2,2H3. The Morgan fingerprint density at radius 2 is 2.38 bits per heavy atom. The van der Waals surface area contributed by atoms with Crippen LogP contribution in [0.3, 0.4) is 0 Å². The number of aryl methyl sites for hydroxylation is 1. The highest BCUT2D eigenvalue weighted by Gasteiger charge is 1.84. The van der Waals surface area contributed by atoms with Crippen LogP contribution in [0.25, 0.3) is 0 Å². The van der Waals surface area contributed by atoms with Crippen molar-refractivity contribution in [3.8, 4) is 0 Å². The van der Waals surface area contributed by atoms with E-state index in [4.69, 9.17) is 0 Å². The minimum Gasteiger partial charge on any atom is -0.0614 e. The lowest BCUT2D eigenvalue weighted by atomic mass is 10.1. The summed E-state index contributed by atoms with van der Waals surface area (Å²) in [6.07, 6.45) is 0. The largest absolute Gasteiger partial charge is 0.0614 e. The van der Waals surface area contributed by atoms with E-state index in [0.29, 0.717) is 0 Å². The maximum atomic E-state index is 3.76. The van der Waals surface area contributed by atoms with Crippen LogP contribution in [0.5, 0.6) is 0 Å². The molecule has 0 fully saturated rings. The average molecular weight is 104 g/mol. The van der Waals surface area contributed by atoms with Crippen molar-refractivity contribution in [2.45, 2.75) is 6.92 Å². The van der Waals surface area contributed by atoms with E-state index in [1.54, 1.807) is 0 Å². The van der Waals surface area contributed by atoms with Gasteiger partial charge in [-0.1, -0.05) is 18.2 Å². The van der Waals surface area contributed by atoms with Crippen molar-refractivity contribution in [2.24, 2.45) is 0 Å². The molecule has 0 nitrogen and oxygen atoms in total. The molecule has 0 atom stereocenters. The van der Waals surface area contributed by atoms with Crippen LogP contribution >= 0.6 is 0 Å². The van der Waals surface area contributed by atoms with Gasteiger partial charge in [-0.2, -0.15) is 0 Å². The minimum absolute atomic E-state index is 0.993. The Hall–Kier alpha value is -0.780. The van der Waals surface area contributed by atoms with E-state index in [9.17, 15) is 0 Å². The minimum atomic E-state index is 0.993. The molecule has 0 heteroatoms. The van der Waals surface area contributed by atoms with E-state index in [2.05, 4.69) is 13.0 Å². The summed E-state index contributed by atoms with van der Waals surface area (Å²) in [5, 5.41) is 0. The second kappa shape index (κ2) is 1.99. The van der Waals surface area contributed by atoms with Gasteiger partial charge in [0.2, 0.25) is 0 Å². The zero-order valence-electron chi connectivity index (χ0n) is 4.94. The van der Waals surface area contributed by atoms with Crippen LogP contribution < -0.4 is 0 Å². The molecule has 1 rings (SSSR count). The highest BCUT2D eigenvalue weighted by atomic mass is 13.9. The molecule has 0 unspecified atom stereocenters. The second-order valence-corrected chi connectivity index (χ2v) is 1.83. The van der Waals surface area contributed by atoms with Gasteiger partial charge in [0.25, 0.3) is 0 Å². The molecule has 0 bridgehead atoms. The Bertz CT molecular complexity index is 156. The van der Waals surface area contributed by atoms with Gasteiger partial charge in [0, 0.05) is 0 Å². The zero-order chi connectivity index (χ0) is 5.98. The van der Waals surface area contributed by atoms with Crippen LogP contribution in [0.2, 0.25) is 0 Å². The fourth-order valence-electron chi connectivity index (χ4n) is 0.556. The van der Waals surface area contributed by atoms with E-state index >= 15 is 0 Å². The highest BCUT2D eigenvalue weighted by Crippen LogP contribution is 2.01. The van der Waals surface area contributed by atoms with Gasteiger partial charge >= 0.3 is 0 Å². The maximum Gasteiger partial charge on any atom is -0.0146 e. The smallest absolute Gasteiger partial charge is 0.0146 e. The summed E-state index contributed by atoms with van der Waals surface area (Å²) >= 11 is 0. The van der Waals surface area contributed by atoms with E-state index in [-0.39, 0.29) is 0 Å². The van der Waals surface area contributed by atoms with Crippen LogP contribution in [0.4, 0.5) is 0 Å². The summed E-state index contributed by atoms with van der Waals surface area (Å²) in [5.74, 6) is 0. The molecule has 1 aromatic rings. The Morgan fingerprint density at radius 1 is 1.62 bits per heavy atom. The molecule has 0 spiro atoms. The van der Waals surface area contributed by atoms with E-state index in [1.165, 1.54) is 5.56 Å². The summed E-state index contributed by atoms with van der Waals surface area (Å²) in [6.45, 7) is 5.79. The first-order valence-corrected chi connectivity index (χ1v) is 2.60. The molecule has 40 valence electrons. The summed E-state index contributed by atoms with van der Waals surface area (Å²) < 4.78 is 0. The fraction of sp³-hybridized carbons (Fsp3) is 0.125. The van der Waals surface area contributed by atoms with Crippen molar-refractivity contribution in [2.75, 3.05) is 0 Å². The van der Waals surface area contributed by atoms with Crippen molar-refractivity contribution < 1.29 is 0 Å². The second-order valence-electron chi connectivity index (χ2n) is 1.83. The number of benzene rings is 1. The molecule has 0 aliphatic rings. The molecular weight excluding hydrogens is 96.1 g/mol. The topological polar surface area (TPSA) is 0 Å². The van der Waals surface area contributed by atoms with Crippen LogP contribution in [-0.2, 0) is 0 Å². The number of hydrogen-bond acceptors (Lipinski definition) is 0. The van der Waals surface area contributed by atoms with Crippen molar-refractivity contribution in [3.05, 3.63) is 42.3 Å². The predicted molar refractivity (Wildman–Crippen MR) is 34.5 cm³/mol. The molecule has 0 aliphatic carbocycles. The number of rotatable bonds is 0. The lowest BCUT2D eigenvalue weighted by Crippen LogP contribution is -1.75. The van der Waals surface area contributed by atoms with Gasteiger partial charge in [-0.3, -0.25) is 0 Å². The Kier molecular flexibility index (Phi) is 1.34. The van der Waals surface area contributed by atoms with Crippen molar-refractivity contribution >= 4 is 0 Å². The fourth-order valence-corrected chi connectivity index (χ4v) is 0.556. The van der Waals surface area contributed by atoms with Crippen molar-refractivity contribution in [1.82, 2.24) is 0 Å². The molecule has 0 aliphatic heterocycles. The van der Waals surface area contributed by atoms with E-state index < -0.39 is 0 Å². The van der Waals surface area contributed by atoms with Gasteiger partial charge in [0.05, 0.1) is 0 Å². The van der Waals surface area contributed by atoms with Crippen molar-refractivity contribution in [3.63, 3.8) is 0 Å². The molecular formula is C8H8. The monoisotopic (exact) mass is 104 g/mol. The summed E-state index contributed by atoms with van der Waals surface area (Å²) in [4.78, 5) is 0. The number of hydrogen-bond donors (Lipinski definition) is 0. The first-order chi connectivity index (χ1) is 3.80. The van der Waals surface area contributed by atoms with E-state index in [0.717, 1.165) is 5.56 Å².